The van der Waals surface area contributed by atoms with Crippen LogP contribution in [0.25, 0.3) is 22.1 Å². The predicted molar refractivity (Wildman–Crippen MR) is 104 cm³/mol. The molecule has 3 aromatic rings. The van der Waals surface area contributed by atoms with Gasteiger partial charge in [0.15, 0.2) is 0 Å². The second-order valence-electron chi connectivity index (χ2n) is 6.87. The summed E-state index contributed by atoms with van der Waals surface area (Å²) in [5.74, 6) is 0.432. The fourth-order valence-electron chi connectivity index (χ4n) is 3.48. The number of anilines is 1. The summed E-state index contributed by atoms with van der Waals surface area (Å²) in [4.78, 5) is 14.8. The minimum atomic E-state index is -2.88. The molecule has 1 saturated heterocycles. The number of nitrogens with zero attached hydrogens (tertiary/aromatic N) is 1. The monoisotopic (exact) mass is 386 g/mol. The Morgan fingerprint density at radius 1 is 1.18 bits per heavy atom. The van der Waals surface area contributed by atoms with Gasteiger partial charge in [-0.05, 0) is 54.8 Å². The Kier molecular flexibility index (Phi) is 5.00. The molecule has 1 atom stereocenters. The third-order valence-corrected chi connectivity index (χ3v) is 4.84. The third kappa shape index (κ3) is 3.84. The van der Waals surface area contributed by atoms with Crippen LogP contribution in [0.4, 0.5) is 14.5 Å². The molecule has 28 heavy (non-hydrogen) atoms. The Hall–Kier alpha value is -2.93. The van der Waals surface area contributed by atoms with Gasteiger partial charge in [-0.25, -0.2) is 4.79 Å². The Labute approximate surface area is 160 Å². The first-order valence-corrected chi connectivity index (χ1v) is 9.11. The maximum atomic E-state index is 12.6. The van der Waals surface area contributed by atoms with Crippen LogP contribution in [0.3, 0.4) is 0 Å². The number of piperazine rings is 1. The summed E-state index contributed by atoms with van der Waals surface area (Å²) in [6.45, 7) is 1.91. The first-order chi connectivity index (χ1) is 13.5. The summed E-state index contributed by atoms with van der Waals surface area (Å²) in [6.07, 6.45) is 0. The Morgan fingerprint density at radius 3 is 2.68 bits per heavy atom. The second kappa shape index (κ2) is 7.59. The summed E-state index contributed by atoms with van der Waals surface area (Å²) < 4.78 is 34.4. The van der Waals surface area contributed by atoms with Crippen molar-refractivity contribution in [2.75, 3.05) is 24.5 Å². The predicted octanol–water partition coefficient (Wildman–Crippen LogP) is 3.86. The molecule has 146 valence electrons. The Morgan fingerprint density at radius 2 is 1.96 bits per heavy atom. The maximum absolute atomic E-state index is 12.6. The topological polar surface area (TPSA) is 54.7 Å². The van der Waals surface area contributed by atoms with Gasteiger partial charge in [-0.2, -0.15) is 8.78 Å². The summed E-state index contributed by atoms with van der Waals surface area (Å²) in [5.41, 5.74) is 1.18. The summed E-state index contributed by atoms with van der Waals surface area (Å²) in [6, 6.07) is 13.9. The van der Waals surface area contributed by atoms with Gasteiger partial charge in [0.25, 0.3) is 0 Å². The largest absolute Gasteiger partial charge is 0.435 e. The molecule has 1 N–H and O–H groups in total. The van der Waals surface area contributed by atoms with Crippen LogP contribution in [0.1, 0.15) is 6.92 Å². The molecule has 0 amide bonds. The van der Waals surface area contributed by atoms with E-state index in [1.54, 1.807) is 18.2 Å². The fraction of sp³-hybridized carbons (Fsp3) is 0.286. The van der Waals surface area contributed by atoms with Crippen molar-refractivity contribution in [1.29, 1.82) is 0 Å². The zero-order chi connectivity index (χ0) is 19.7. The van der Waals surface area contributed by atoms with Crippen molar-refractivity contribution in [2.24, 2.45) is 0 Å². The van der Waals surface area contributed by atoms with E-state index in [0.717, 1.165) is 30.7 Å². The number of hydrogen-bond donors (Lipinski definition) is 1. The molecule has 7 heteroatoms. The van der Waals surface area contributed by atoms with E-state index in [9.17, 15) is 13.6 Å². The molecule has 1 aromatic heterocycles. The summed E-state index contributed by atoms with van der Waals surface area (Å²) >= 11 is 0. The van der Waals surface area contributed by atoms with E-state index >= 15 is 0 Å². The van der Waals surface area contributed by atoms with Gasteiger partial charge in [0, 0.05) is 36.9 Å². The summed E-state index contributed by atoms with van der Waals surface area (Å²) in [5, 5.41) is 4.69. The molecule has 0 saturated carbocycles. The molecule has 2 aromatic carbocycles. The van der Waals surface area contributed by atoms with Crippen molar-refractivity contribution < 1.29 is 17.9 Å². The number of ether oxygens (including phenoxy) is 1. The normalized spacial score (nSPS) is 17.3. The third-order valence-electron chi connectivity index (χ3n) is 4.84. The number of alkyl halides is 2. The minimum Gasteiger partial charge on any atom is -0.435 e. The quantitative estimate of drug-likeness (QED) is 0.738. The Balaban J connectivity index is 1.65. The van der Waals surface area contributed by atoms with Gasteiger partial charge in [0.2, 0.25) is 0 Å². The van der Waals surface area contributed by atoms with Crippen molar-refractivity contribution in [2.45, 2.75) is 19.6 Å². The average Bonchev–Trinajstić information content (AvgIpc) is 2.68. The van der Waals surface area contributed by atoms with Crippen molar-refractivity contribution in [3.63, 3.8) is 0 Å². The average molecular weight is 386 g/mol. The van der Waals surface area contributed by atoms with Gasteiger partial charge in [-0.15, -0.1) is 0 Å². The number of halogens is 2. The molecule has 5 nitrogen and oxygen atoms in total. The first kappa shape index (κ1) is 18.4. The van der Waals surface area contributed by atoms with Gasteiger partial charge < -0.3 is 19.4 Å². The number of rotatable bonds is 4. The van der Waals surface area contributed by atoms with E-state index in [1.807, 2.05) is 18.2 Å². The van der Waals surface area contributed by atoms with Gasteiger partial charge in [0.05, 0.1) is 5.39 Å². The highest BCUT2D eigenvalue weighted by molar-refractivity contribution is 5.87. The molecular formula is C21H20F2N2O3. The lowest BCUT2D eigenvalue weighted by Gasteiger charge is -2.33. The van der Waals surface area contributed by atoms with Crippen LogP contribution in [0.5, 0.6) is 5.75 Å². The highest BCUT2D eigenvalue weighted by Gasteiger charge is 2.17. The van der Waals surface area contributed by atoms with E-state index in [4.69, 9.17) is 4.42 Å². The van der Waals surface area contributed by atoms with E-state index in [0.29, 0.717) is 22.8 Å². The van der Waals surface area contributed by atoms with Crippen LogP contribution in [0.15, 0.2) is 57.7 Å². The van der Waals surface area contributed by atoms with Gasteiger partial charge in [-0.3, -0.25) is 0 Å². The molecule has 2 heterocycles. The fourth-order valence-corrected chi connectivity index (χ4v) is 3.48. The van der Waals surface area contributed by atoms with Crippen molar-refractivity contribution in [3.05, 3.63) is 59.0 Å². The molecule has 1 aliphatic rings. The number of fused-ring (bicyclic) bond motifs is 1. The highest BCUT2D eigenvalue weighted by Crippen LogP contribution is 2.27. The smallest absolute Gasteiger partial charge is 0.387 e. The van der Waals surface area contributed by atoms with Gasteiger partial charge in [0.1, 0.15) is 11.5 Å². The van der Waals surface area contributed by atoms with Crippen LogP contribution in [-0.4, -0.2) is 32.3 Å². The minimum absolute atomic E-state index is 0.0526. The van der Waals surface area contributed by atoms with E-state index < -0.39 is 12.2 Å². The zero-order valence-corrected chi connectivity index (χ0v) is 15.3. The molecule has 1 fully saturated rings. The first-order valence-electron chi connectivity index (χ1n) is 9.11. The second-order valence-corrected chi connectivity index (χ2v) is 6.87. The standard InChI is InChI=1S/C21H20F2N2O3/c1-13-12-25(9-8-24-13)16-5-2-15-10-19(28-20(26)18(15)11-16)14-3-6-17(7-4-14)27-21(22)23/h2-7,10-11,13,21,24H,8-9,12H2,1H3. The van der Waals surface area contributed by atoms with Crippen LogP contribution in [0, 0.1) is 0 Å². The van der Waals surface area contributed by atoms with Crippen LogP contribution in [-0.2, 0) is 0 Å². The molecule has 1 unspecified atom stereocenters. The molecule has 0 aliphatic carbocycles. The Bertz CT molecular complexity index is 1030. The lowest BCUT2D eigenvalue weighted by molar-refractivity contribution is -0.0498. The maximum Gasteiger partial charge on any atom is 0.387 e. The zero-order valence-electron chi connectivity index (χ0n) is 15.3. The highest BCUT2D eigenvalue weighted by atomic mass is 19.3. The van der Waals surface area contributed by atoms with E-state index in [-0.39, 0.29) is 5.75 Å². The van der Waals surface area contributed by atoms with Crippen molar-refractivity contribution in [1.82, 2.24) is 5.32 Å². The number of benzene rings is 2. The number of hydrogen-bond acceptors (Lipinski definition) is 5. The van der Waals surface area contributed by atoms with Gasteiger partial charge in [-0.1, -0.05) is 6.07 Å². The van der Waals surface area contributed by atoms with Crippen molar-refractivity contribution in [3.8, 4) is 17.1 Å². The molecule has 0 radical (unpaired) electrons. The molecule has 4 rings (SSSR count). The van der Waals surface area contributed by atoms with Crippen molar-refractivity contribution >= 4 is 16.5 Å². The molecule has 1 aliphatic heterocycles. The van der Waals surface area contributed by atoms with Gasteiger partial charge >= 0.3 is 12.2 Å². The van der Waals surface area contributed by atoms with Crippen LogP contribution < -0.4 is 20.6 Å². The molecular weight excluding hydrogens is 366 g/mol. The van der Waals surface area contributed by atoms with E-state index in [2.05, 4.69) is 21.9 Å². The van der Waals surface area contributed by atoms with Crippen LogP contribution >= 0.6 is 0 Å². The lowest BCUT2D eigenvalue weighted by atomic mass is 10.1. The lowest BCUT2D eigenvalue weighted by Crippen LogP contribution is -2.49. The number of nitrogens with one attached hydrogen (secondary N) is 1. The molecule has 0 bridgehead atoms. The summed E-state index contributed by atoms with van der Waals surface area (Å²) in [7, 11) is 0. The van der Waals surface area contributed by atoms with E-state index in [1.165, 1.54) is 12.1 Å². The van der Waals surface area contributed by atoms with Crippen LogP contribution in [0.2, 0.25) is 0 Å². The molecule has 0 spiro atoms. The SMILES string of the molecule is CC1CN(c2ccc3cc(-c4ccc(OC(F)F)cc4)oc(=O)c3c2)CCN1.